The van der Waals surface area contributed by atoms with Crippen LogP contribution in [0, 0.1) is 5.92 Å². The summed E-state index contributed by atoms with van der Waals surface area (Å²) in [5, 5.41) is 9.43. The van der Waals surface area contributed by atoms with Crippen LogP contribution in [0.15, 0.2) is 0 Å². The molecule has 112 valence electrons. The molecule has 4 unspecified atom stereocenters. The molecule has 0 spiro atoms. The fourth-order valence-corrected chi connectivity index (χ4v) is 3.65. The Kier molecular flexibility index (Phi) is 5.63. The summed E-state index contributed by atoms with van der Waals surface area (Å²) in [6.45, 7) is 0.873. The van der Waals surface area contributed by atoms with Crippen molar-refractivity contribution in [3.05, 3.63) is 0 Å². The third kappa shape index (κ3) is 3.91. The van der Waals surface area contributed by atoms with Crippen molar-refractivity contribution in [3.63, 3.8) is 0 Å². The van der Waals surface area contributed by atoms with Crippen LogP contribution in [-0.2, 0) is 9.47 Å². The number of hydrogen-bond donors (Lipinski definition) is 2. The largest absolute Gasteiger partial charge is 0.394 e. The highest BCUT2D eigenvalue weighted by molar-refractivity contribution is 4.95. The molecule has 0 radical (unpaired) electrons. The monoisotopic (exact) mass is 271 g/mol. The Morgan fingerprint density at radius 3 is 2.74 bits per heavy atom. The highest BCUT2D eigenvalue weighted by atomic mass is 16.5. The number of rotatable bonds is 6. The third-order valence-corrected chi connectivity index (χ3v) is 5.03. The topological polar surface area (TPSA) is 64.7 Å². The van der Waals surface area contributed by atoms with Crippen LogP contribution in [0.4, 0.5) is 0 Å². The Morgan fingerprint density at radius 2 is 2.00 bits per heavy atom. The van der Waals surface area contributed by atoms with Crippen LogP contribution in [0.5, 0.6) is 0 Å². The van der Waals surface area contributed by atoms with E-state index in [1.807, 2.05) is 0 Å². The predicted octanol–water partition coefficient (Wildman–Crippen LogP) is 1.84. The first kappa shape index (κ1) is 15.2. The minimum Gasteiger partial charge on any atom is -0.394 e. The van der Waals surface area contributed by atoms with Crippen molar-refractivity contribution < 1.29 is 14.6 Å². The quantitative estimate of drug-likeness (QED) is 0.773. The molecule has 0 bridgehead atoms. The zero-order chi connectivity index (χ0) is 13.7. The van der Waals surface area contributed by atoms with Crippen molar-refractivity contribution in [1.29, 1.82) is 0 Å². The third-order valence-electron chi connectivity index (χ3n) is 5.03. The molecule has 0 aromatic carbocycles. The molecule has 2 saturated carbocycles. The summed E-state index contributed by atoms with van der Waals surface area (Å²) >= 11 is 0. The van der Waals surface area contributed by atoms with Crippen LogP contribution in [0.1, 0.15) is 51.4 Å². The van der Waals surface area contributed by atoms with Gasteiger partial charge in [0.2, 0.25) is 0 Å². The number of aliphatic hydroxyl groups is 1. The normalized spacial score (nSPS) is 39.6. The van der Waals surface area contributed by atoms with Gasteiger partial charge in [-0.15, -0.1) is 0 Å². The van der Waals surface area contributed by atoms with E-state index in [4.69, 9.17) is 15.2 Å². The van der Waals surface area contributed by atoms with Gasteiger partial charge in [-0.3, -0.25) is 0 Å². The summed E-state index contributed by atoms with van der Waals surface area (Å²) in [5.74, 6) is 0.416. The van der Waals surface area contributed by atoms with Gasteiger partial charge in [-0.1, -0.05) is 6.42 Å². The standard InChI is InChI=1S/C15H29NO3/c1-18-13-5-2-6-14(10-13)19-9-7-12-4-3-8-15(12,16)11-17/h12-14,17H,2-11,16H2,1H3. The van der Waals surface area contributed by atoms with E-state index in [-0.39, 0.29) is 12.1 Å². The van der Waals surface area contributed by atoms with Crippen molar-refractivity contribution in [2.45, 2.75) is 69.1 Å². The molecule has 2 aliphatic carbocycles. The van der Waals surface area contributed by atoms with Crippen LogP contribution < -0.4 is 5.73 Å². The zero-order valence-corrected chi connectivity index (χ0v) is 12.1. The van der Waals surface area contributed by atoms with E-state index in [1.165, 1.54) is 6.42 Å². The number of aliphatic hydroxyl groups excluding tert-OH is 1. The van der Waals surface area contributed by atoms with Crippen molar-refractivity contribution in [2.24, 2.45) is 11.7 Å². The van der Waals surface area contributed by atoms with Crippen LogP contribution >= 0.6 is 0 Å². The molecule has 0 aromatic heterocycles. The highest BCUT2D eigenvalue weighted by Gasteiger charge is 2.38. The average molecular weight is 271 g/mol. The molecule has 0 amide bonds. The molecular weight excluding hydrogens is 242 g/mol. The van der Waals surface area contributed by atoms with Crippen LogP contribution in [0.25, 0.3) is 0 Å². The molecule has 2 aliphatic rings. The molecule has 4 heteroatoms. The van der Waals surface area contributed by atoms with E-state index in [1.54, 1.807) is 7.11 Å². The van der Waals surface area contributed by atoms with Gasteiger partial charge in [0.25, 0.3) is 0 Å². The molecule has 4 atom stereocenters. The first-order chi connectivity index (χ1) is 9.18. The van der Waals surface area contributed by atoms with E-state index in [2.05, 4.69) is 0 Å². The van der Waals surface area contributed by atoms with Crippen LogP contribution in [0.3, 0.4) is 0 Å². The molecule has 2 fully saturated rings. The van der Waals surface area contributed by atoms with Crippen molar-refractivity contribution in [2.75, 3.05) is 20.3 Å². The van der Waals surface area contributed by atoms with Crippen molar-refractivity contribution >= 4 is 0 Å². The second-order valence-corrected chi connectivity index (χ2v) is 6.29. The number of methoxy groups -OCH3 is 1. The van der Waals surface area contributed by atoms with Crippen molar-refractivity contribution in [1.82, 2.24) is 0 Å². The molecule has 0 saturated heterocycles. The summed E-state index contributed by atoms with van der Waals surface area (Å²) in [6, 6.07) is 0. The van der Waals surface area contributed by atoms with Gasteiger partial charge >= 0.3 is 0 Å². The summed E-state index contributed by atoms with van der Waals surface area (Å²) in [4.78, 5) is 0. The summed E-state index contributed by atoms with van der Waals surface area (Å²) < 4.78 is 11.4. The molecular formula is C15H29NO3. The van der Waals surface area contributed by atoms with Gasteiger partial charge in [-0.25, -0.2) is 0 Å². The maximum atomic E-state index is 9.43. The molecule has 19 heavy (non-hydrogen) atoms. The lowest BCUT2D eigenvalue weighted by atomic mass is 9.86. The lowest BCUT2D eigenvalue weighted by Crippen LogP contribution is -2.47. The number of hydrogen-bond acceptors (Lipinski definition) is 4. The predicted molar refractivity (Wildman–Crippen MR) is 75.0 cm³/mol. The maximum absolute atomic E-state index is 9.43. The number of nitrogens with two attached hydrogens (primary N) is 1. The Labute approximate surface area is 116 Å². The van der Waals surface area contributed by atoms with Crippen LogP contribution in [-0.4, -0.2) is 43.2 Å². The average Bonchev–Trinajstić information content (AvgIpc) is 2.81. The summed E-state index contributed by atoms with van der Waals surface area (Å²) in [7, 11) is 1.79. The molecule has 3 N–H and O–H groups in total. The smallest absolute Gasteiger partial charge is 0.0613 e. The molecule has 0 heterocycles. The second kappa shape index (κ2) is 7.02. The van der Waals surface area contributed by atoms with E-state index >= 15 is 0 Å². The number of ether oxygens (including phenoxy) is 2. The van der Waals surface area contributed by atoms with Gasteiger partial charge in [-0.2, -0.15) is 0 Å². The second-order valence-electron chi connectivity index (χ2n) is 6.29. The maximum Gasteiger partial charge on any atom is 0.0613 e. The zero-order valence-electron chi connectivity index (χ0n) is 12.1. The van der Waals surface area contributed by atoms with Crippen molar-refractivity contribution in [3.8, 4) is 0 Å². The van der Waals surface area contributed by atoms with Gasteiger partial charge in [0.05, 0.1) is 18.8 Å². The molecule has 2 rings (SSSR count). The Morgan fingerprint density at radius 1 is 1.21 bits per heavy atom. The summed E-state index contributed by atoms with van der Waals surface area (Å²) in [5.41, 5.74) is 5.88. The van der Waals surface area contributed by atoms with E-state index in [0.717, 1.165) is 51.6 Å². The lowest BCUT2D eigenvalue weighted by molar-refractivity contribution is -0.0348. The first-order valence-electron chi connectivity index (χ1n) is 7.72. The Bertz CT molecular complexity index is 274. The van der Waals surface area contributed by atoms with E-state index in [0.29, 0.717) is 18.1 Å². The molecule has 0 aliphatic heterocycles. The Hall–Kier alpha value is -0.160. The molecule has 4 nitrogen and oxygen atoms in total. The highest BCUT2D eigenvalue weighted by Crippen LogP contribution is 2.36. The van der Waals surface area contributed by atoms with Gasteiger partial charge in [0.1, 0.15) is 0 Å². The minimum absolute atomic E-state index is 0.104. The lowest BCUT2D eigenvalue weighted by Gasteiger charge is -2.31. The van der Waals surface area contributed by atoms with Gasteiger partial charge in [0, 0.05) is 19.3 Å². The Balaban J connectivity index is 1.68. The molecule has 0 aromatic rings. The van der Waals surface area contributed by atoms with E-state index < -0.39 is 0 Å². The minimum atomic E-state index is -0.356. The fourth-order valence-electron chi connectivity index (χ4n) is 3.65. The first-order valence-corrected chi connectivity index (χ1v) is 7.72. The fraction of sp³-hybridized carbons (Fsp3) is 1.00. The van der Waals surface area contributed by atoms with Gasteiger partial charge in [0.15, 0.2) is 0 Å². The van der Waals surface area contributed by atoms with Crippen LogP contribution in [0.2, 0.25) is 0 Å². The SMILES string of the molecule is COC1CCCC(OCCC2CCCC2(N)CO)C1. The van der Waals surface area contributed by atoms with E-state index in [9.17, 15) is 5.11 Å². The summed E-state index contributed by atoms with van der Waals surface area (Å²) in [6.07, 6.45) is 9.45. The van der Waals surface area contributed by atoms with Gasteiger partial charge in [-0.05, 0) is 50.9 Å². The van der Waals surface area contributed by atoms with Gasteiger partial charge < -0.3 is 20.3 Å².